The summed E-state index contributed by atoms with van der Waals surface area (Å²) in [5, 5.41) is 2.47. The second-order valence-electron chi connectivity index (χ2n) is 9.44. The lowest BCUT2D eigenvalue weighted by atomic mass is 10.0. The van der Waals surface area contributed by atoms with Crippen molar-refractivity contribution in [2.45, 2.75) is 51.0 Å². The highest BCUT2D eigenvalue weighted by atomic mass is 32.2. The van der Waals surface area contributed by atoms with E-state index >= 15 is 0 Å². The van der Waals surface area contributed by atoms with Crippen LogP contribution in [0.5, 0.6) is 5.75 Å². The molecule has 0 unspecified atom stereocenters. The molecule has 4 aliphatic heterocycles. The summed E-state index contributed by atoms with van der Waals surface area (Å²) in [5.41, 5.74) is 3.58. The zero-order valence-electron chi connectivity index (χ0n) is 19.9. The molecule has 0 bridgehead atoms. The van der Waals surface area contributed by atoms with Crippen molar-refractivity contribution in [1.29, 1.82) is 0 Å². The van der Waals surface area contributed by atoms with E-state index < -0.39 is 11.9 Å². The van der Waals surface area contributed by atoms with Gasteiger partial charge >= 0.3 is 6.09 Å². The van der Waals surface area contributed by atoms with Crippen molar-refractivity contribution in [1.82, 2.24) is 20.2 Å². The van der Waals surface area contributed by atoms with E-state index in [9.17, 15) is 14.0 Å². The first-order chi connectivity index (χ1) is 17.1. The summed E-state index contributed by atoms with van der Waals surface area (Å²) in [6.07, 6.45) is 8.93. The molecular weight excluding hydrogens is 469 g/mol. The molecule has 5 rings (SSSR count). The quantitative estimate of drug-likeness (QED) is 0.631. The van der Waals surface area contributed by atoms with Gasteiger partial charge in [0.1, 0.15) is 11.6 Å². The molecule has 0 spiro atoms. The highest BCUT2D eigenvalue weighted by molar-refractivity contribution is 8.18. The first kappa shape index (κ1) is 24.3. The number of halogens is 1. The van der Waals surface area contributed by atoms with E-state index in [0.717, 1.165) is 51.9 Å². The lowest BCUT2D eigenvalue weighted by Crippen LogP contribution is -2.48. The summed E-state index contributed by atoms with van der Waals surface area (Å²) in [6.45, 7) is 5.21. The number of benzene rings is 1. The summed E-state index contributed by atoms with van der Waals surface area (Å²) in [7, 11) is 0. The Balaban J connectivity index is 1.23. The summed E-state index contributed by atoms with van der Waals surface area (Å²) in [5.74, 6) is -0.605. The Morgan fingerprint density at radius 1 is 1.09 bits per heavy atom. The molecule has 0 radical (unpaired) electrons. The summed E-state index contributed by atoms with van der Waals surface area (Å²) in [6, 6.07) is 4.51. The second-order valence-corrected chi connectivity index (χ2v) is 10.5. The van der Waals surface area contributed by atoms with E-state index in [1.54, 1.807) is 11.0 Å². The van der Waals surface area contributed by atoms with Crippen molar-refractivity contribution >= 4 is 35.0 Å². The maximum Gasteiger partial charge on any atom is 0.415 e. The number of thioether (sulfide) groups is 1. The predicted octanol–water partition coefficient (Wildman–Crippen LogP) is 3.85. The Morgan fingerprint density at radius 2 is 1.86 bits per heavy atom. The molecule has 1 aromatic rings. The van der Waals surface area contributed by atoms with Crippen LogP contribution in [0.1, 0.15) is 50.5 Å². The minimum atomic E-state index is -0.465. The molecule has 10 heteroatoms. The Hall–Kier alpha value is -2.43. The molecule has 1 N–H and O–H groups in total. The minimum absolute atomic E-state index is 0.236. The van der Waals surface area contributed by atoms with Crippen LogP contribution in [-0.2, 0) is 4.79 Å². The Labute approximate surface area is 209 Å². The molecule has 8 nitrogen and oxygen atoms in total. The zero-order valence-corrected chi connectivity index (χ0v) is 20.7. The molecular formula is C25H32FN5O3S. The largest absolute Gasteiger partial charge is 0.415 e. The molecule has 1 aromatic carbocycles. The predicted molar refractivity (Wildman–Crippen MR) is 134 cm³/mol. The highest BCUT2D eigenvalue weighted by Crippen LogP contribution is 2.33. The fraction of sp³-hybridized carbons (Fsp3) is 0.560. The van der Waals surface area contributed by atoms with Crippen LogP contribution in [0.4, 0.5) is 9.18 Å². The van der Waals surface area contributed by atoms with E-state index in [2.05, 4.69) is 15.3 Å². The standard InChI is InChI=1S/C25H32FN5O3S/c26-19-6-7-21(34-25(33)30-14-8-20(9-15-30)29-11-3-1-4-12-29)18(16-19)17-22-23(32)28-24(35-22)31-13-5-2-10-27-31/h6-7,16-17,20,27H,1-5,8-15H2/b22-17+. The molecule has 0 aliphatic carbocycles. The van der Waals surface area contributed by atoms with Crippen molar-refractivity contribution in [3.05, 3.63) is 34.5 Å². The molecule has 4 aliphatic rings. The van der Waals surface area contributed by atoms with Crippen LogP contribution in [0.2, 0.25) is 0 Å². The van der Waals surface area contributed by atoms with Crippen molar-refractivity contribution in [2.75, 3.05) is 39.3 Å². The van der Waals surface area contributed by atoms with Crippen molar-refractivity contribution in [3.63, 3.8) is 0 Å². The number of amides is 2. The van der Waals surface area contributed by atoms with Crippen molar-refractivity contribution in [3.8, 4) is 5.75 Å². The van der Waals surface area contributed by atoms with E-state index in [1.807, 2.05) is 5.01 Å². The Kier molecular flexibility index (Phi) is 7.69. The normalized spacial score (nSPS) is 23.6. The van der Waals surface area contributed by atoms with Crippen LogP contribution in [0.3, 0.4) is 0 Å². The number of piperidine rings is 2. The van der Waals surface area contributed by atoms with Gasteiger partial charge in [-0.2, -0.15) is 4.99 Å². The number of nitrogens with zero attached hydrogens (tertiary/aromatic N) is 4. The molecule has 3 fully saturated rings. The van der Waals surface area contributed by atoms with Gasteiger partial charge in [0.2, 0.25) is 0 Å². The SMILES string of the molecule is O=C1N=C(N2CCCCN2)S/C1=C/c1cc(F)ccc1OC(=O)N1CCC(N2CCCCC2)CC1. The Morgan fingerprint density at radius 3 is 2.60 bits per heavy atom. The van der Waals surface area contributed by atoms with E-state index in [0.29, 0.717) is 34.8 Å². The van der Waals surface area contributed by atoms with Gasteiger partial charge in [-0.25, -0.2) is 14.6 Å². The average molecular weight is 502 g/mol. The number of amidine groups is 1. The smallest absolute Gasteiger partial charge is 0.410 e. The van der Waals surface area contributed by atoms with Crippen LogP contribution in [0, 0.1) is 5.82 Å². The maximum absolute atomic E-state index is 14.1. The third kappa shape index (κ3) is 5.87. The average Bonchev–Trinajstić information content (AvgIpc) is 3.26. The molecule has 0 saturated carbocycles. The van der Waals surface area contributed by atoms with Gasteiger partial charge in [-0.05, 0) is 87.7 Å². The number of hydrogen-bond donors (Lipinski definition) is 1. The number of rotatable bonds is 3. The van der Waals surface area contributed by atoms with Crippen molar-refractivity contribution < 1.29 is 18.7 Å². The van der Waals surface area contributed by atoms with Gasteiger partial charge in [0.05, 0.1) is 4.91 Å². The second kappa shape index (κ2) is 11.1. The van der Waals surface area contributed by atoms with Gasteiger partial charge < -0.3 is 14.5 Å². The molecule has 2 amide bonds. The summed E-state index contributed by atoms with van der Waals surface area (Å²) < 4.78 is 19.8. The highest BCUT2D eigenvalue weighted by Gasteiger charge is 2.30. The number of aliphatic imine (C=N–C) groups is 1. The fourth-order valence-corrected chi connectivity index (χ4v) is 6.00. The maximum atomic E-state index is 14.1. The molecule has 0 aromatic heterocycles. The zero-order chi connectivity index (χ0) is 24.2. The number of nitrogens with one attached hydrogen (secondary N) is 1. The van der Waals surface area contributed by atoms with E-state index in [1.165, 1.54) is 49.2 Å². The van der Waals surface area contributed by atoms with Gasteiger partial charge in [-0.1, -0.05) is 6.42 Å². The number of carbonyl (C=O) groups is 2. The van der Waals surface area contributed by atoms with Crippen LogP contribution in [0.25, 0.3) is 6.08 Å². The first-order valence-corrected chi connectivity index (χ1v) is 13.4. The van der Waals surface area contributed by atoms with E-state index in [4.69, 9.17) is 4.74 Å². The van der Waals surface area contributed by atoms with Crippen LogP contribution >= 0.6 is 11.8 Å². The number of carbonyl (C=O) groups excluding carboxylic acids is 2. The minimum Gasteiger partial charge on any atom is -0.410 e. The monoisotopic (exact) mass is 501 g/mol. The van der Waals surface area contributed by atoms with Gasteiger partial charge in [-0.15, -0.1) is 0 Å². The first-order valence-electron chi connectivity index (χ1n) is 12.6. The van der Waals surface area contributed by atoms with Crippen molar-refractivity contribution in [2.24, 2.45) is 4.99 Å². The third-order valence-electron chi connectivity index (χ3n) is 7.04. The van der Waals surface area contributed by atoms with Gasteiger partial charge in [0.25, 0.3) is 5.91 Å². The molecule has 0 atom stereocenters. The van der Waals surface area contributed by atoms with Crippen LogP contribution < -0.4 is 10.2 Å². The topological polar surface area (TPSA) is 77.5 Å². The third-order valence-corrected chi connectivity index (χ3v) is 8.04. The summed E-state index contributed by atoms with van der Waals surface area (Å²) >= 11 is 1.24. The van der Waals surface area contributed by atoms with Crippen LogP contribution in [0.15, 0.2) is 28.1 Å². The molecule has 3 saturated heterocycles. The van der Waals surface area contributed by atoms with Crippen LogP contribution in [-0.4, -0.2) is 77.3 Å². The van der Waals surface area contributed by atoms with Gasteiger partial charge in [0.15, 0.2) is 5.17 Å². The summed E-state index contributed by atoms with van der Waals surface area (Å²) in [4.78, 5) is 34.2. The number of likely N-dealkylation sites (tertiary alicyclic amines) is 2. The lowest BCUT2D eigenvalue weighted by molar-refractivity contribution is -0.113. The molecule has 188 valence electrons. The van der Waals surface area contributed by atoms with E-state index in [-0.39, 0.29) is 11.7 Å². The number of hydrogen-bond acceptors (Lipinski definition) is 7. The lowest BCUT2D eigenvalue weighted by Gasteiger charge is -2.39. The number of ether oxygens (including phenoxy) is 1. The number of hydrazine groups is 1. The van der Waals surface area contributed by atoms with Gasteiger partial charge in [-0.3, -0.25) is 9.80 Å². The van der Waals surface area contributed by atoms with Gasteiger partial charge in [0, 0.05) is 37.8 Å². The molecule has 35 heavy (non-hydrogen) atoms. The Bertz CT molecular complexity index is 1010. The molecule has 4 heterocycles. The fourth-order valence-electron chi connectivity index (χ4n) is 5.09.